The molecule has 0 radical (unpaired) electrons. The second-order valence-electron chi connectivity index (χ2n) is 9.88. The van der Waals surface area contributed by atoms with Crippen LogP contribution >= 0.6 is 0 Å². The molecule has 2 amide bonds. The van der Waals surface area contributed by atoms with E-state index in [1.165, 1.54) is 11.2 Å². The van der Waals surface area contributed by atoms with Crippen LogP contribution in [0.5, 0.6) is 0 Å². The van der Waals surface area contributed by atoms with E-state index in [0.29, 0.717) is 32.4 Å². The second kappa shape index (κ2) is 9.14. The first kappa shape index (κ1) is 23.2. The molecule has 0 bridgehead atoms. The van der Waals surface area contributed by atoms with Crippen LogP contribution in [0.3, 0.4) is 0 Å². The van der Waals surface area contributed by atoms with E-state index in [9.17, 15) is 18.0 Å². The van der Waals surface area contributed by atoms with Crippen LogP contribution in [0.4, 0.5) is 5.69 Å². The average molecular weight is 462 g/mol. The summed E-state index contributed by atoms with van der Waals surface area (Å²) in [4.78, 5) is 26.6. The van der Waals surface area contributed by atoms with Crippen molar-refractivity contribution in [2.45, 2.75) is 82.7 Å². The molecule has 1 atom stereocenters. The van der Waals surface area contributed by atoms with Crippen LogP contribution in [0, 0.1) is 11.8 Å². The molecule has 0 aromatic heterocycles. The second-order valence-corrected chi connectivity index (χ2v) is 11.8. The van der Waals surface area contributed by atoms with Crippen molar-refractivity contribution in [3.05, 3.63) is 23.8 Å². The van der Waals surface area contributed by atoms with E-state index in [-0.39, 0.29) is 34.7 Å². The maximum Gasteiger partial charge on any atom is 0.243 e. The first-order valence-corrected chi connectivity index (χ1v) is 13.3. The van der Waals surface area contributed by atoms with Gasteiger partial charge in [-0.2, -0.15) is 4.31 Å². The van der Waals surface area contributed by atoms with E-state index < -0.39 is 10.0 Å². The standard InChI is InChI=1S/C24H35N3O4S/c1-16-4-6-21(7-5-16)25-24(29)19-10-12-26(13-11-19)32(30,31)22-8-9-23-20(15-22)14-17(2)27(23)18(3)28/h8-9,15-17,19,21H,4-7,10-14H2,1-3H3,(H,25,29)/t16?,17-,21?/m1/s1. The fourth-order valence-corrected chi connectivity index (χ4v) is 7.00. The Balaban J connectivity index is 1.38. The van der Waals surface area contributed by atoms with Crippen LogP contribution in [0.2, 0.25) is 0 Å². The van der Waals surface area contributed by atoms with Crippen molar-refractivity contribution >= 4 is 27.5 Å². The molecule has 32 heavy (non-hydrogen) atoms. The lowest BCUT2D eigenvalue weighted by Crippen LogP contribution is -2.46. The smallest absolute Gasteiger partial charge is 0.243 e. The van der Waals surface area contributed by atoms with Crippen LogP contribution in [-0.2, 0) is 26.0 Å². The zero-order chi connectivity index (χ0) is 23.0. The van der Waals surface area contributed by atoms with E-state index in [1.54, 1.807) is 23.1 Å². The van der Waals surface area contributed by atoms with Gasteiger partial charge in [-0.05, 0) is 81.5 Å². The Morgan fingerprint density at radius 2 is 1.66 bits per heavy atom. The number of carbonyl (C=O) groups is 2. The average Bonchev–Trinajstić information content (AvgIpc) is 3.10. The molecule has 3 aliphatic rings. The highest BCUT2D eigenvalue weighted by atomic mass is 32.2. The number of amides is 2. The van der Waals surface area contributed by atoms with Gasteiger partial charge >= 0.3 is 0 Å². The van der Waals surface area contributed by atoms with Crippen molar-refractivity contribution in [2.24, 2.45) is 11.8 Å². The molecule has 8 heteroatoms. The summed E-state index contributed by atoms with van der Waals surface area (Å²) in [5.74, 6) is 0.669. The van der Waals surface area contributed by atoms with Gasteiger partial charge in [0.25, 0.3) is 0 Å². The highest BCUT2D eigenvalue weighted by molar-refractivity contribution is 7.89. The highest BCUT2D eigenvalue weighted by Gasteiger charge is 2.35. The number of rotatable bonds is 4. The first-order chi connectivity index (χ1) is 15.2. The van der Waals surface area contributed by atoms with Crippen molar-refractivity contribution in [1.82, 2.24) is 9.62 Å². The maximum atomic E-state index is 13.3. The Kier molecular flexibility index (Phi) is 6.63. The predicted molar refractivity (Wildman–Crippen MR) is 124 cm³/mol. The van der Waals surface area contributed by atoms with E-state index in [1.807, 2.05) is 6.92 Å². The lowest BCUT2D eigenvalue weighted by molar-refractivity contribution is -0.127. The summed E-state index contributed by atoms with van der Waals surface area (Å²) in [5, 5.41) is 3.20. The van der Waals surface area contributed by atoms with Crippen molar-refractivity contribution < 1.29 is 18.0 Å². The number of sulfonamides is 1. The van der Waals surface area contributed by atoms with Gasteiger partial charge in [0.1, 0.15) is 0 Å². The molecule has 176 valence electrons. The molecular weight excluding hydrogens is 426 g/mol. The van der Waals surface area contributed by atoms with Gasteiger partial charge in [-0.1, -0.05) is 6.92 Å². The quantitative estimate of drug-likeness (QED) is 0.747. The first-order valence-electron chi connectivity index (χ1n) is 11.9. The normalized spacial score (nSPS) is 27.2. The van der Waals surface area contributed by atoms with Crippen LogP contribution < -0.4 is 10.2 Å². The fourth-order valence-electron chi connectivity index (χ4n) is 5.48. The minimum absolute atomic E-state index is 0.0297. The Morgan fingerprint density at radius 3 is 2.28 bits per heavy atom. The summed E-state index contributed by atoms with van der Waals surface area (Å²) in [6.07, 6.45) is 6.15. The third kappa shape index (κ3) is 4.57. The number of fused-ring (bicyclic) bond motifs is 1. The van der Waals surface area contributed by atoms with Gasteiger partial charge in [0.15, 0.2) is 0 Å². The summed E-state index contributed by atoms with van der Waals surface area (Å²) < 4.78 is 28.0. The number of hydrogen-bond donors (Lipinski definition) is 1. The van der Waals surface area contributed by atoms with Gasteiger partial charge in [-0.3, -0.25) is 9.59 Å². The molecule has 2 heterocycles. The minimum atomic E-state index is -3.62. The van der Waals surface area contributed by atoms with Gasteiger partial charge in [0, 0.05) is 43.7 Å². The van der Waals surface area contributed by atoms with Crippen LogP contribution in [0.1, 0.15) is 64.9 Å². The van der Waals surface area contributed by atoms with Gasteiger partial charge in [-0.15, -0.1) is 0 Å². The van der Waals surface area contributed by atoms with E-state index in [2.05, 4.69) is 12.2 Å². The van der Waals surface area contributed by atoms with Gasteiger partial charge in [-0.25, -0.2) is 8.42 Å². The Morgan fingerprint density at radius 1 is 1.00 bits per heavy atom. The molecule has 2 fully saturated rings. The van der Waals surface area contributed by atoms with Crippen molar-refractivity contribution in [2.75, 3.05) is 18.0 Å². The summed E-state index contributed by atoms with van der Waals surface area (Å²) in [6, 6.07) is 5.36. The Labute approximate surface area is 191 Å². The molecule has 0 spiro atoms. The zero-order valence-corrected chi connectivity index (χ0v) is 20.2. The largest absolute Gasteiger partial charge is 0.353 e. The minimum Gasteiger partial charge on any atom is -0.353 e. The molecule has 2 aliphatic heterocycles. The summed E-state index contributed by atoms with van der Waals surface area (Å²) >= 11 is 0. The summed E-state index contributed by atoms with van der Waals surface area (Å²) in [6.45, 7) is 6.48. The van der Waals surface area contributed by atoms with E-state index in [4.69, 9.17) is 0 Å². The Bertz CT molecular complexity index is 977. The van der Waals surface area contributed by atoms with Gasteiger partial charge < -0.3 is 10.2 Å². The predicted octanol–water partition coefficient (Wildman–Crippen LogP) is 3.08. The van der Waals surface area contributed by atoms with Gasteiger partial charge in [0.2, 0.25) is 21.8 Å². The fraction of sp³-hybridized carbons (Fsp3) is 0.667. The number of piperidine rings is 1. The van der Waals surface area contributed by atoms with Crippen molar-refractivity contribution in [3.8, 4) is 0 Å². The summed E-state index contributed by atoms with van der Waals surface area (Å²) in [7, 11) is -3.62. The molecular formula is C24H35N3O4S. The monoisotopic (exact) mass is 461 g/mol. The highest BCUT2D eigenvalue weighted by Crippen LogP contribution is 2.35. The van der Waals surface area contributed by atoms with Crippen LogP contribution in [0.25, 0.3) is 0 Å². The Hall–Kier alpha value is -1.93. The topological polar surface area (TPSA) is 86.8 Å². The molecule has 1 aromatic rings. The van der Waals surface area contributed by atoms with Crippen LogP contribution in [-0.4, -0.2) is 49.7 Å². The molecule has 1 saturated carbocycles. The van der Waals surface area contributed by atoms with Gasteiger partial charge in [0.05, 0.1) is 4.90 Å². The molecule has 1 N–H and O–H groups in total. The van der Waals surface area contributed by atoms with Crippen LogP contribution in [0.15, 0.2) is 23.1 Å². The lowest BCUT2D eigenvalue weighted by Gasteiger charge is -2.33. The molecule has 1 aromatic carbocycles. The van der Waals surface area contributed by atoms with Crippen molar-refractivity contribution in [1.29, 1.82) is 0 Å². The number of anilines is 1. The molecule has 1 aliphatic carbocycles. The van der Waals surface area contributed by atoms with E-state index in [0.717, 1.165) is 42.9 Å². The SMILES string of the molecule is CC(=O)N1c2ccc(S(=O)(=O)N3CCC(C(=O)NC4CCC(C)CC4)CC3)cc2C[C@H]1C. The number of nitrogens with zero attached hydrogens (tertiary/aromatic N) is 2. The number of carbonyl (C=O) groups excluding carboxylic acids is 2. The molecule has 0 unspecified atom stereocenters. The number of benzene rings is 1. The van der Waals surface area contributed by atoms with Crippen molar-refractivity contribution in [3.63, 3.8) is 0 Å². The number of nitrogens with one attached hydrogen (secondary N) is 1. The lowest BCUT2D eigenvalue weighted by atomic mass is 9.87. The third-order valence-corrected chi connectivity index (χ3v) is 9.33. The van der Waals surface area contributed by atoms with E-state index >= 15 is 0 Å². The maximum absolute atomic E-state index is 13.3. The molecule has 1 saturated heterocycles. The summed E-state index contributed by atoms with van der Waals surface area (Å²) in [5.41, 5.74) is 1.70. The molecule has 7 nitrogen and oxygen atoms in total. The zero-order valence-electron chi connectivity index (χ0n) is 19.3. The molecule has 4 rings (SSSR count). The third-order valence-electron chi connectivity index (χ3n) is 7.43. The number of hydrogen-bond acceptors (Lipinski definition) is 4.